The maximum absolute atomic E-state index is 13.0. The van der Waals surface area contributed by atoms with Gasteiger partial charge in [0.1, 0.15) is 55.4 Å². The molecule has 4 unspecified atom stereocenters. The molecule has 0 aromatic heterocycles. The van der Waals surface area contributed by atoms with E-state index in [1.54, 1.807) is 0 Å². The fraction of sp³-hybridized carbons (Fsp3) is 0.808. The van der Waals surface area contributed by atoms with Gasteiger partial charge in [-0.3, -0.25) is 9.59 Å². The zero-order valence-electron chi connectivity index (χ0n) is 40.9. The first-order valence-electron chi connectivity index (χ1n) is 25.7. The maximum Gasteiger partial charge on any atom is 0.306 e. The Kier molecular flexibility index (Phi) is 35.5. The van der Waals surface area contributed by atoms with Gasteiger partial charge in [-0.1, -0.05) is 159 Å². The summed E-state index contributed by atoms with van der Waals surface area (Å²) in [5, 5.41) is 72.1. The molecule has 0 aromatic carbocycles. The molecule has 0 aliphatic carbocycles. The van der Waals surface area contributed by atoms with Crippen LogP contribution >= 0.6 is 0 Å². The number of ether oxygens (including phenoxy) is 6. The Morgan fingerprint density at radius 3 is 1.46 bits per heavy atom. The normalized spacial score (nSPS) is 26.3. The molecular weight excluding hydrogens is 865 g/mol. The Morgan fingerprint density at radius 2 is 0.925 bits per heavy atom. The van der Waals surface area contributed by atoms with Gasteiger partial charge >= 0.3 is 11.9 Å². The Morgan fingerprint density at radius 1 is 0.478 bits per heavy atom. The highest BCUT2D eigenvalue weighted by atomic mass is 16.7. The molecule has 0 saturated carbocycles. The first kappa shape index (κ1) is 60.6. The van der Waals surface area contributed by atoms with Crippen LogP contribution in [0.5, 0.6) is 0 Å². The molecule has 0 bridgehead atoms. The van der Waals surface area contributed by atoms with Gasteiger partial charge in [0.15, 0.2) is 18.7 Å². The molecule has 0 amide bonds. The quantitative estimate of drug-likeness (QED) is 0.0185. The lowest BCUT2D eigenvalue weighted by Crippen LogP contribution is -2.61. The van der Waals surface area contributed by atoms with Crippen molar-refractivity contribution in [2.45, 2.75) is 242 Å². The van der Waals surface area contributed by atoms with E-state index >= 15 is 0 Å². The Balaban J connectivity index is 1.82. The van der Waals surface area contributed by atoms with Gasteiger partial charge in [0.2, 0.25) is 0 Å². The van der Waals surface area contributed by atoms with E-state index in [9.17, 15) is 45.3 Å². The molecule has 2 saturated heterocycles. The summed E-state index contributed by atoms with van der Waals surface area (Å²) in [7, 11) is 0. The van der Waals surface area contributed by atoms with E-state index in [2.05, 4.69) is 62.5 Å². The predicted octanol–water partition coefficient (Wildman–Crippen LogP) is 7.10. The molecule has 0 aromatic rings. The lowest BCUT2D eigenvalue weighted by atomic mass is 9.98. The molecule has 11 atom stereocenters. The van der Waals surface area contributed by atoms with Crippen LogP contribution in [0.1, 0.15) is 174 Å². The van der Waals surface area contributed by atoms with Gasteiger partial charge in [-0.05, 0) is 51.4 Å². The highest BCUT2D eigenvalue weighted by Gasteiger charge is 2.47. The highest BCUT2D eigenvalue weighted by molar-refractivity contribution is 5.70. The number of carbonyl (C=O) groups is 2. The number of aliphatic hydroxyl groups is 7. The number of hydrogen-bond donors (Lipinski definition) is 7. The van der Waals surface area contributed by atoms with E-state index in [1.807, 2.05) is 0 Å². The number of aliphatic hydroxyl groups excluding tert-OH is 7. The van der Waals surface area contributed by atoms with E-state index < -0.39 is 99.3 Å². The number of unbranched alkanes of at least 4 members (excludes halogenated alkanes) is 17. The molecule has 0 radical (unpaired) electrons. The second kappa shape index (κ2) is 39.2. The van der Waals surface area contributed by atoms with E-state index in [-0.39, 0.29) is 19.4 Å². The molecule has 2 fully saturated rings. The molecule has 2 heterocycles. The van der Waals surface area contributed by atoms with Crippen LogP contribution in [-0.4, -0.2) is 142 Å². The zero-order valence-corrected chi connectivity index (χ0v) is 40.9. The lowest BCUT2D eigenvalue weighted by molar-refractivity contribution is -0.332. The van der Waals surface area contributed by atoms with Gasteiger partial charge in [0, 0.05) is 12.8 Å². The van der Waals surface area contributed by atoms with Crippen LogP contribution in [0.25, 0.3) is 0 Å². The summed E-state index contributed by atoms with van der Waals surface area (Å²) in [6.45, 7) is 2.49. The van der Waals surface area contributed by atoms with E-state index in [4.69, 9.17) is 28.4 Å². The van der Waals surface area contributed by atoms with Crippen LogP contribution in [0.2, 0.25) is 0 Å². The third kappa shape index (κ3) is 27.4. The summed E-state index contributed by atoms with van der Waals surface area (Å²) in [6.07, 6.45) is 25.6. The predicted molar refractivity (Wildman–Crippen MR) is 257 cm³/mol. The fourth-order valence-electron chi connectivity index (χ4n) is 7.80. The number of rotatable bonds is 39. The second-order valence-electron chi connectivity index (χ2n) is 18.0. The number of esters is 2. The minimum atomic E-state index is -1.77. The number of hydrogen-bond acceptors (Lipinski definition) is 15. The van der Waals surface area contributed by atoms with Crippen molar-refractivity contribution in [1.82, 2.24) is 0 Å². The molecule has 67 heavy (non-hydrogen) atoms. The molecule has 7 N–H and O–H groups in total. The van der Waals surface area contributed by atoms with Crippen molar-refractivity contribution in [3.8, 4) is 0 Å². The number of carbonyl (C=O) groups excluding carboxylic acids is 2. The summed E-state index contributed by atoms with van der Waals surface area (Å²) in [5.74, 6) is -0.959. The van der Waals surface area contributed by atoms with Gasteiger partial charge < -0.3 is 64.2 Å². The van der Waals surface area contributed by atoms with Gasteiger partial charge in [-0.2, -0.15) is 0 Å². The Labute approximate surface area is 401 Å². The third-order valence-corrected chi connectivity index (χ3v) is 12.0. The fourth-order valence-corrected chi connectivity index (χ4v) is 7.80. The van der Waals surface area contributed by atoms with E-state index in [1.165, 1.54) is 70.6 Å². The summed E-state index contributed by atoms with van der Waals surface area (Å²) in [5.41, 5.74) is 0. The summed E-state index contributed by atoms with van der Waals surface area (Å²) in [4.78, 5) is 25.7. The van der Waals surface area contributed by atoms with Crippen molar-refractivity contribution in [2.75, 3.05) is 26.4 Å². The molecule has 15 heteroatoms. The van der Waals surface area contributed by atoms with Crippen LogP contribution in [0.3, 0.4) is 0 Å². The first-order chi connectivity index (χ1) is 32.5. The minimum Gasteiger partial charge on any atom is -0.462 e. The van der Waals surface area contributed by atoms with Gasteiger partial charge in [0.05, 0.1) is 19.8 Å². The van der Waals surface area contributed by atoms with Crippen molar-refractivity contribution in [2.24, 2.45) is 0 Å². The van der Waals surface area contributed by atoms with Crippen molar-refractivity contribution < 1.29 is 73.8 Å². The topological polar surface area (TPSA) is 231 Å². The Hall–Kier alpha value is -2.54. The van der Waals surface area contributed by atoms with Gasteiger partial charge in [0.25, 0.3) is 0 Å². The number of allylic oxidation sites excluding steroid dienone is 8. The summed E-state index contributed by atoms with van der Waals surface area (Å²) >= 11 is 0. The van der Waals surface area contributed by atoms with Crippen molar-refractivity contribution >= 4 is 11.9 Å². The molecule has 15 nitrogen and oxygen atoms in total. The molecular formula is C52H90O15. The van der Waals surface area contributed by atoms with Gasteiger partial charge in [-0.25, -0.2) is 0 Å². The molecule has 2 rings (SSSR count). The zero-order chi connectivity index (χ0) is 48.9. The van der Waals surface area contributed by atoms with Crippen LogP contribution in [0, 0.1) is 0 Å². The van der Waals surface area contributed by atoms with Crippen molar-refractivity contribution in [1.29, 1.82) is 0 Å². The summed E-state index contributed by atoms with van der Waals surface area (Å²) < 4.78 is 33.5. The van der Waals surface area contributed by atoms with E-state index in [0.29, 0.717) is 12.8 Å². The Bertz CT molecular complexity index is 1350. The van der Waals surface area contributed by atoms with Gasteiger partial charge in [-0.15, -0.1) is 0 Å². The lowest BCUT2D eigenvalue weighted by Gasteiger charge is -2.42. The first-order valence-corrected chi connectivity index (χ1v) is 25.7. The average Bonchev–Trinajstić information content (AvgIpc) is 3.32. The molecule has 2 aliphatic heterocycles. The average molecular weight is 955 g/mol. The van der Waals surface area contributed by atoms with E-state index in [0.717, 1.165) is 64.2 Å². The van der Waals surface area contributed by atoms with Crippen LogP contribution in [-0.2, 0) is 38.0 Å². The highest BCUT2D eigenvalue weighted by Crippen LogP contribution is 2.26. The van der Waals surface area contributed by atoms with Crippen LogP contribution in [0.15, 0.2) is 48.6 Å². The van der Waals surface area contributed by atoms with Crippen LogP contribution < -0.4 is 0 Å². The molecule has 388 valence electrons. The second-order valence-corrected chi connectivity index (χ2v) is 18.0. The third-order valence-electron chi connectivity index (χ3n) is 12.0. The monoisotopic (exact) mass is 955 g/mol. The largest absolute Gasteiger partial charge is 0.462 e. The van der Waals surface area contributed by atoms with Crippen LogP contribution in [0.4, 0.5) is 0 Å². The minimum absolute atomic E-state index is 0.159. The molecule has 2 aliphatic rings. The maximum atomic E-state index is 13.0. The SMILES string of the molecule is CCC/C=C/C/C=C/C/C=C/C/C=C/CCCCCC(=O)OC[C@@H](CO[C@@H]1O[C@H](CO[C@@H]2O[C@H](CO)[C@H](O)C(O)C2O)[C@H](O)C(O)C1O)OC(=O)CCCCCCCCCCCCCCCC. The van der Waals surface area contributed by atoms with Crippen molar-refractivity contribution in [3.63, 3.8) is 0 Å². The van der Waals surface area contributed by atoms with Crippen molar-refractivity contribution in [3.05, 3.63) is 48.6 Å². The summed E-state index contributed by atoms with van der Waals surface area (Å²) in [6, 6.07) is 0. The standard InChI is InChI=1S/C52H90O15/c1-3-5-7-9-11-13-15-17-19-20-21-23-24-26-28-30-32-34-43(54)62-37-40(65-44(55)35-33-31-29-27-25-22-18-16-14-12-10-8-6-4-2)38-63-51-50(61)48(59)46(57)42(67-51)39-64-52-49(60)47(58)45(56)41(36-53)66-52/h7,9,13,15,19-20,23-24,40-42,45-53,56-61H,3-6,8,10-12,14,16-18,21-22,25-39H2,1-2H3/b9-7+,15-13+,20-19+,24-23+/t40-,41+,42+,45-,46-,47?,48?,49?,50?,51+,52+/m0/s1. The molecule has 0 spiro atoms. The smallest absolute Gasteiger partial charge is 0.306 e.